The minimum Gasteiger partial charge on any atom is -0.341 e. The van der Waals surface area contributed by atoms with Crippen LogP contribution in [0, 0.1) is 17.8 Å². The lowest BCUT2D eigenvalue weighted by Crippen LogP contribution is -2.38. The van der Waals surface area contributed by atoms with Crippen molar-refractivity contribution in [1.82, 2.24) is 24.1 Å². The smallest absolute Gasteiger partial charge is 0.262 e. The molecule has 2 aromatic heterocycles. The molecular formula is C24H35N5O2S. The van der Waals surface area contributed by atoms with Crippen molar-refractivity contribution in [2.75, 3.05) is 18.8 Å². The molecule has 8 heteroatoms. The molecule has 3 aromatic rings. The molecule has 1 aromatic carbocycles. The van der Waals surface area contributed by atoms with Crippen molar-refractivity contribution in [3.05, 3.63) is 34.6 Å². The van der Waals surface area contributed by atoms with Crippen molar-refractivity contribution in [1.29, 1.82) is 0 Å². The molecule has 2 heterocycles. The van der Waals surface area contributed by atoms with Crippen LogP contribution in [-0.4, -0.2) is 48.8 Å². The minimum atomic E-state index is -0.0474. The third-order valence-electron chi connectivity index (χ3n) is 5.26. The fraction of sp³-hybridized carbons (Fsp3) is 0.583. The Morgan fingerprint density at radius 3 is 2.28 bits per heavy atom. The highest BCUT2D eigenvalue weighted by atomic mass is 32.2. The van der Waals surface area contributed by atoms with E-state index in [2.05, 4.69) is 51.7 Å². The number of benzene rings is 1. The normalized spacial score (nSPS) is 12.0. The monoisotopic (exact) mass is 457 g/mol. The van der Waals surface area contributed by atoms with Gasteiger partial charge in [-0.3, -0.25) is 18.6 Å². The number of hydrogen-bond donors (Lipinski definition) is 0. The van der Waals surface area contributed by atoms with Crippen molar-refractivity contribution < 1.29 is 4.79 Å². The second kappa shape index (κ2) is 10.5. The molecule has 0 saturated carbocycles. The van der Waals surface area contributed by atoms with Gasteiger partial charge in [0.05, 0.1) is 16.7 Å². The van der Waals surface area contributed by atoms with Crippen molar-refractivity contribution in [2.24, 2.45) is 17.8 Å². The number of thioether (sulfide) groups is 1. The molecule has 3 rings (SSSR count). The average molecular weight is 458 g/mol. The van der Waals surface area contributed by atoms with E-state index in [-0.39, 0.29) is 11.5 Å². The van der Waals surface area contributed by atoms with Crippen LogP contribution in [-0.2, 0) is 11.3 Å². The second-order valence-electron chi connectivity index (χ2n) is 9.65. The van der Waals surface area contributed by atoms with Gasteiger partial charge in [0.2, 0.25) is 11.7 Å². The van der Waals surface area contributed by atoms with Gasteiger partial charge in [0, 0.05) is 19.6 Å². The van der Waals surface area contributed by atoms with Crippen LogP contribution in [0.2, 0.25) is 0 Å². The van der Waals surface area contributed by atoms with Crippen molar-refractivity contribution in [2.45, 2.75) is 59.7 Å². The van der Waals surface area contributed by atoms with E-state index in [1.54, 1.807) is 4.57 Å². The number of para-hydroxylation sites is 1. The molecule has 0 aliphatic carbocycles. The van der Waals surface area contributed by atoms with Crippen LogP contribution in [0.25, 0.3) is 16.7 Å². The summed E-state index contributed by atoms with van der Waals surface area (Å²) in [7, 11) is 0. The van der Waals surface area contributed by atoms with Crippen molar-refractivity contribution >= 4 is 34.3 Å². The van der Waals surface area contributed by atoms with E-state index in [0.717, 1.165) is 25.0 Å². The van der Waals surface area contributed by atoms with Crippen molar-refractivity contribution in [3.8, 4) is 0 Å². The third kappa shape index (κ3) is 5.52. The molecule has 0 fully saturated rings. The number of aromatic nitrogens is 4. The zero-order valence-corrected chi connectivity index (χ0v) is 20.9. The largest absolute Gasteiger partial charge is 0.341 e. The van der Waals surface area contributed by atoms with Crippen LogP contribution in [0.5, 0.6) is 0 Å². The molecule has 0 spiro atoms. The molecule has 32 heavy (non-hydrogen) atoms. The topological polar surface area (TPSA) is 72.5 Å². The van der Waals surface area contributed by atoms with Gasteiger partial charge < -0.3 is 4.90 Å². The summed E-state index contributed by atoms with van der Waals surface area (Å²) in [6, 6.07) is 7.54. The van der Waals surface area contributed by atoms with E-state index in [4.69, 9.17) is 0 Å². The predicted molar refractivity (Wildman–Crippen MR) is 131 cm³/mol. The Bertz CT molecular complexity index is 1120. The Balaban J connectivity index is 1.96. The van der Waals surface area contributed by atoms with E-state index in [1.807, 2.05) is 33.6 Å². The number of fused-ring (bicyclic) bond motifs is 3. The fourth-order valence-corrected chi connectivity index (χ4v) is 4.64. The van der Waals surface area contributed by atoms with Gasteiger partial charge in [-0.2, -0.15) is 0 Å². The molecule has 1 amide bonds. The van der Waals surface area contributed by atoms with Gasteiger partial charge in [0.1, 0.15) is 0 Å². The first-order valence-corrected chi connectivity index (χ1v) is 12.4. The zero-order valence-electron chi connectivity index (χ0n) is 20.0. The van der Waals surface area contributed by atoms with Crippen LogP contribution >= 0.6 is 11.8 Å². The Kier molecular flexibility index (Phi) is 7.98. The molecule has 0 radical (unpaired) electrons. The van der Waals surface area contributed by atoms with Crippen LogP contribution < -0.4 is 5.56 Å². The maximum atomic E-state index is 13.1. The van der Waals surface area contributed by atoms with Crippen LogP contribution in [0.3, 0.4) is 0 Å². The molecule has 0 aliphatic rings. The summed E-state index contributed by atoms with van der Waals surface area (Å²) in [6.45, 7) is 14.9. The number of hydrogen-bond acceptors (Lipinski definition) is 5. The molecule has 0 saturated heterocycles. The van der Waals surface area contributed by atoms with E-state index < -0.39 is 0 Å². The lowest BCUT2D eigenvalue weighted by Gasteiger charge is -2.26. The molecule has 0 bridgehead atoms. The standard InChI is InChI=1S/C24H35N5O2S/c1-16(2)11-12-28-22(31)19-9-7-8-10-20(19)29-23(28)25-26-24(29)32-15-21(30)27(13-17(3)4)14-18(5)6/h7-10,16-18H,11-15H2,1-6H3. The molecule has 0 atom stereocenters. The van der Waals surface area contributed by atoms with Gasteiger partial charge in [0.15, 0.2) is 5.16 Å². The molecule has 7 nitrogen and oxygen atoms in total. The van der Waals surface area contributed by atoms with E-state index in [9.17, 15) is 9.59 Å². The van der Waals surface area contributed by atoms with Gasteiger partial charge >= 0.3 is 0 Å². The Hall–Kier alpha value is -2.35. The van der Waals surface area contributed by atoms with Gasteiger partial charge in [-0.05, 0) is 36.3 Å². The van der Waals surface area contributed by atoms with Crippen LogP contribution in [0.4, 0.5) is 0 Å². The first kappa shape index (κ1) is 24.3. The highest BCUT2D eigenvalue weighted by Crippen LogP contribution is 2.22. The minimum absolute atomic E-state index is 0.0474. The van der Waals surface area contributed by atoms with Gasteiger partial charge in [0.25, 0.3) is 5.56 Å². The molecule has 0 unspecified atom stereocenters. The van der Waals surface area contributed by atoms with E-state index >= 15 is 0 Å². The number of aryl methyl sites for hydroxylation is 1. The second-order valence-corrected chi connectivity index (χ2v) is 10.6. The van der Waals surface area contributed by atoms with Gasteiger partial charge in [-0.15, -0.1) is 10.2 Å². The quantitative estimate of drug-likeness (QED) is 0.424. The van der Waals surface area contributed by atoms with E-state index in [1.165, 1.54) is 11.8 Å². The lowest BCUT2D eigenvalue weighted by atomic mass is 10.1. The van der Waals surface area contributed by atoms with Crippen LogP contribution in [0.15, 0.2) is 34.2 Å². The first-order chi connectivity index (χ1) is 15.2. The number of carbonyl (C=O) groups is 1. The summed E-state index contributed by atoms with van der Waals surface area (Å²) in [6.07, 6.45) is 0.876. The number of rotatable bonds is 10. The fourth-order valence-electron chi connectivity index (χ4n) is 3.79. The molecule has 0 N–H and O–H groups in total. The molecular weight excluding hydrogens is 422 g/mol. The molecule has 0 aliphatic heterocycles. The maximum Gasteiger partial charge on any atom is 0.262 e. The number of nitrogens with zero attached hydrogens (tertiary/aromatic N) is 5. The molecule has 174 valence electrons. The van der Waals surface area contributed by atoms with Gasteiger partial charge in [-0.1, -0.05) is 65.4 Å². The Labute approximate surface area is 194 Å². The number of carbonyl (C=O) groups excluding carboxylic acids is 1. The first-order valence-electron chi connectivity index (χ1n) is 11.5. The van der Waals surface area contributed by atoms with Gasteiger partial charge in [-0.25, -0.2) is 0 Å². The Morgan fingerprint density at radius 1 is 1.00 bits per heavy atom. The van der Waals surface area contributed by atoms with Crippen LogP contribution in [0.1, 0.15) is 48.0 Å². The number of amides is 1. The highest BCUT2D eigenvalue weighted by molar-refractivity contribution is 7.99. The predicted octanol–water partition coefficient (Wildman–Crippen LogP) is 4.32. The summed E-state index contributed by atoms with van der Waals surface area (Å²) in [5.74, 6) is 2.22. The van der Waals surface area contributed by atoms with Crippen molar-refractivity contribution in [3.63, 3.8) is 0 Å². The summed E-state index contributed by atoms with van der Waals surface area (Å²) >= 11 is 1.38. The van der Waals surface area contributed by atoms with E-state index in [0.29, 0.717) is 46.4 Å². The lowest BCUT2D eigenvalue weighted by molar-refractivity contribution is -0.129. The third-order valence-corrected chi connectivity index (χ3v) is 6.17. The maximum absolute atomic E-state index is 13.1. The SMILES string of the molecule is CC(C)CCn1c(=O)c2ccccc2n2c(SCC(=O)N(CC(C)C)CC(C)C)nnc12. The zero-order chi connectivity index (χ0) is 23.4. The summed E-state index contributed by atoms with van der Waals surface area (Å²) < 4.78 is 3.63. The highest BCUT2D eigenvalue weighted by Gasteiger charge is 2.20. The Morgan fingerprint density at radius 2 is 1.66 bits per heavy atom. The summed E-state index contributed by atoms with van der Waals surface area (Å²) in [5, 5.41) is 10.0. The summed E-state index contributed by atoms with van der Waals surface area (Å²) in [5.41, 5.74) is 0.725. The summed E-state index contributed by atoms with van der Waals surface area (Å²) in [4.78, 5) is 28.1. The average Bonchev–Trinajstić information content (AvgIpc) is 3.14.